The van der Waals surface area contributed by atoms with Crippen LogP contribution >= 0.6 is 0 Å². The normalized spacial score (nSPS) is 19.1. The van der Waals surface area contributed by atoms with Gasteiger partial charge < -0.3 is 5.32 Å². The molecule has 0 saturated carbocycles. The molecule has 0 aliphatic heterocycles. The first-order chi connectivity index (χ1) is 8.83. The van der Waals surface area contributed by atoms with Gasteiger partial charge in [-0.05, 0) is 37.8 Å². The molecule has 1 aliphatic carbocycles. The summed E-state index contributed by atoms with van der Waals surface area (Å²) in [5.74, 6) is 0.551. The third-order valence-corrected chi connectivity index (χ3v) is 3.97. The Bertz CT molecular complexity index is 380. The van der Waals surface area contributed by atoms with Crippen molar-refractivity contribution in [3.05, 3.63) is 47.5 Å². The monoisotopic (exact) mass is 243 g/mol. The van der Waals surface area contributed by atoms with Crippen LogP contribution < -0.4 is 5.32 Å². The van der Waals surface area contributed by atoms with Crippen molar-refractivity contribution < 1.29 is 0 Å². The molecule has 1 N–H and O–H groups in total. The first-order valence-corrected chi connectivity index (χ1v) is 7.30. The van der Waals surface area contributed by atoms with Crippen molar-refractivity contribution in [3.63, 3.8) is 0 Å². The lowest BCUT2D eigenvalue weighted by Crippen LogP contribution is -2.36. The molecule has 2 rings (SSSR count). The molecule has 0 bridgehead atoms. The Morgan fingerprint density at radius 1 is 1.17 bits per heavy atom. The van der Waals surface area contributed by atoms with Crippen LogP contribution in [0.2, 0.25) is 0 Å². The molecule has 1 aromatic carbocycles. The Hall–Kier alpha value is -1.08. The summed E-state index contributed by atoms with van der Waals surface area (Å²) in [5.41, 5.74) is 3.06. The molecule has 2 atom stereocenters. The highest BCUT2D eigenvalue weighted by Gasteiger charge is 2.22. The van der Waals surface area contributed by atoms with Crippen molar-refractivity contribution >= 4 is 0 Å². The molecule has 1 aromatic rings. The molecular weight excluding hydrogens is 218 g/mol. The van der Waals surface area contributed by atoms with Crippen LogP contribution in [0.3, 0.4) is 0 Å². The molecule has 1 heteroatoms. The molecule has 18 heavy (non-hydrogen) atoms. The highest BCUT2D eigenvalue weighted by atomic mass is 14.9. The highest BCUT2D eigenvalue weighted by Crippen LogP contribution is 2.29. The number of hydrogen-bond donors (Lipinski definition) is 1. The van der Waals surface area contributed by atoms with E-state index in [4.69, 9.17) is 0 Å². The van der Waals surface area contributed by atoms with Crippen LogP contribution in [0.1, 0.15) is 51.0 Å². The van der Waals surface area contributed by atoms with Gasteiger partial charge in [-0.15, -0.1) is 0 Å². The number of nitrogens with one attached hydrogen (secondary N) is 1. The van der Waals surface area contributed by atoms with Gasteiger partial charge in [-0.25, -0.2) is 0 Å². The van der Waals surface area contributed by atoms with Gasteiger partial charge in [-0.1, -0.05) is 55.8 Å². The van der Waals surface area contributed by atoms with Crippen LogP contribution in [0, 0.1) is 0 Å². The van der Waals surface area contributed by atoms with E-state index in [2.05, 4.69) is 55.6 Å². The molecule has 0 aromatic heterocycles. The van der Waals surface area contributed by atoms with E-state index >= 15 is 0 Å². The summed E-state index contributed by atoms with van der Waals surface area (Å²) < 4.78 is 0. The van der Waals surface area contributed by atoms with E-state index in [0.717, 1.165) is 6.54 Å². The maximum absolute atomic E-state index is 3.68. The van der Waals surface area contributed by atoms with E-state index in [1.807, 2.05) is 0 Å². The minimum atomic E-state index is 0.512. The van der Waals surface area contributed by atoms with Gasteiger partial charge in [0.1, 0.15) is 0 Å². The van der Waals surface area contributed by atoms with E-state index in [1.54, 1.807) is 5.57 Å². The second kappa shape index (κ2) is 6.75. The molecule has 1 aliphatic rings. The van der Waals surface area contributed by atoms with Gasteiger partial charge in [0, 0.05) is 12.0 Å². The summed E-state index contributed by atoms with van der Waals surface area (Å²) in [6.45, 7) is 5.59. The fourth-order valence-electron chi connectivity index (χ4n) is 2.94. The first-order valence-electron chi connectivity index (χ1n) is 7.30. The maximum Gasteiger partial charge on any atom is 0.0345 e. The van der Waals surface area contributed by atoms with Gasteiger partial charge >= 0.3 is 0 Å². The Morgan fingerprint density at radius 3 is 2.56 bits per heavy atom. The second-order valence-electron chi connectivity index (χ2n) is 5.26. The van der Waals surface area contributed by atoms with Gasteiger partial charge in [-0.2, -0.15) is 0 Å². The Morgan fingerprint density at radius 2 is 1.94 bits per heavy atom. The van der Waals surface area contributed by atoms with E-state index in [1.165, 1.54) is 31.2 Å². The fraction of sp³-hybridized carbons (Fsp3) is 0.529. The molecule has 0 heterocycles. The molecule has 0 radical (unpaired) electrons. The predicted octanol–water partition coefficient (Wildman–Crippen LogP) is 4.27. The fourth-order valence-corrected chi connectivity index (χ4v) is 2.94. The zero-order valence-electron chi connectivity index (χ0n) is 11.7. The van der Waals surface area contributed by atoms with Crippen LogP contribution in [0.15, 0.2) is 42.0 Å². The van der Waals surface area contributed by atoms with E-state index in [-0.39, 0.29) is 0 Å². The van der Waals surface area contributed by atoms with Crippen LogP contribution in [-0.4, -0.2) is 12.6 Å². The van der Waals surface area contributed by atoms with Crippen molar-refractivity contribution in [2.75, 3.05) is 6.54 Å². The topological polar surface area (TPSA) is 12.0 Å². The van der Waals surface area contributed by atoms with Crippen LogP contribution in [0.25, 0.3) is 0 Å². The lowest BCUT2D eigenvalue weighted by Gasteiger charge is -2.29. The molecule has 0 saturated heterocycles. The molecule has 0 fully saturated rings. The summed E-state index contributed by atoms with van der Waals surface area (Å²) >= 11 is 0. The smallest absolute Gasteiger partial charge is 0.0345 e. The summed E-state index contributed by atoms with van der Waals surface area (Å²) in [6, 6.07) is 11.4. The van der Waals surface area contributed by atoms with Crippen molar-refractivity contribution in [1.29, 1.82) is 0 Å². The third-order valence-electron chi connectivity index (χ3n) is 3.97. The number of hydrogen-bond acceptors (Lipinski definition) is 1. The quantitative estimate of drug-likeness (QED) is 0.762. The van der Waals surface area contributed by atoms with E-state index in [9.17, 15) is 0 Å². The highest BCUT2D eigenvalue weighted by molar-refractivity contribution is 5.26. The molecule has 98 valence electrons. The van der Waals surface area contributed by atoms with Gasteiger partial charge in [0.2, 0.25) is 0 Å². The van der Waals surface area contributed by atoms with E-state index < -0.39 is 0 Å². The summed E-state index contributed by atoms with van der Waals surface area (Å²) in [4.78, 5) is 0. The van der Waals surface area contributed by atoms with Crippen molar-refractivity contribution in [1.82, 2.24) is 5.32 Å². The van der Waals surface area contributed by atoms with Gasteiger partial charge in [0.05, 0.1) is 0 Å². The average molecular weight is 243 g/mol. The lowest BCUT2D eigenvalue weighted by atomic mass is 9.84. The maximum atomic E-state index is 3.68. The minimum Gasteiger partial charge on any atom is -0.310 e. The summed E-state index contributed by atoms with van der Waals surface area (Å²) in [5, 5.41) is 3.68. The zero-order chi connectivity index (χ0) is 12.8. The summed E-state index contributed by atoms with van der Waals surface area (Å²) in [7, 11) is 0. The molecular formula is C17H25N. The largest absolute Gasteiger partial charge is 0.310 e. The molecule has 0 amide bonds. The van der Waals surface area contributed by atoms with Crippen LogP contribution in [0.5, 0.6) is 0 Å². The van der Waals surface area contributed by atoms with Crippen molar-refractivity contribution in [2.24, 2.45) is 0 Å². The van der Waals surface area contributed by atoms with Crippen LogP contribution in [0.4, 0.5) is 0 Å². The SMILES string of the molecule is CCNC(C1=CCCCC1)C(C)c1ccccc1. The number of benzene rings is 1. The van der Waals surface area contributed by atoms with E-state index in [0.29, 0.717) is 12.0 Å². The van der Waals surface area contributed by atoms with Crippen molar-refractivity contribution in [2.45, 2.75) is 51.5 Å². The minimum absolute atomic E-state index is 0.512. The Kier molecular flexibility index (Phi) is 5.00. The van der Waals surface area contributed by atoms with Gasteiger partial charge in [0.15, 0.2) is 0 Å². The standard InChI is InChI=1S/C17H25N/c1-3-18-17(16-12-8-5-9-13-16)14(2)15-10-6-4-7-11-15/h4,6-7,10-12,14,17-18H,3,5,8-9,13H2,1-2H3. The number of allylic oxidation sites excluding steroid dienone is 1. The second-order valence-corrected chi connectivity index (χ2v) is 5.26. The van der Waals surface area contributed by atoms with Gasteiger partial charge in [-0.3, -0.25) is 0 Å². The zero-order valence-corrected chi connectivity index (χ0v) is 11.7. The molecule has 0 spiro atoms. The van der Waals surface area contributed by atoms with Gasteiger partial charge in [0.25, 0.3) is 0 Å². The van der Waals surface area contributed by atoms with Crippen LogP contribution in [-0.2, 0) is 0 Å². The average Bonchev–Trinajstić information content (AvgIpc) is 2.46. The number of likely N-dealkylation sites (N-methyl/N-ethyl adjacent to an activating group) is 1. The lowest BCUT2D eigenvalue weighted by molar-refractivity contribution is 0.485. The molecule has 1 nitrogen and oxygen atoms in total. The van der Waals surface area contributed by atoms with Crippen molar-refractivity contribution in [3.8, 4) is 0 Å². The number of rotatable bonds is 5. The Balaban J connectivity index is 2.16. The Labute approximate surface area is 111 Å². The molecule has 2 unspecified atom stereocenters. The first kappa shape index (κ1) is 13.4. The third kappa shape index (κ3) is 3.23. The predicted molar refractivity (Wildman–Crippen MR) is 78.9 cm³/mol. The summed E-state index contributed by atoms with van der Waals surface area (Å²) in [6.07, 6.45) is 7.72.